The first-order chi connectivity index (χ1) is 27.8. The van der Waals surface area contributed by atoms with E-state index in [1.54, 1.807) is 0 Å². The highest BCUT2D eigenvalue weighted by Gasteiger charge is 2.39. The fourth-order valence-electron chi connectivity index (χ4n) is 10.5. The molecule has 3 nitrogen and oxygen atoms in total. The van der Waals surface area contributed by atoms with E-state index in [1.165, 1.54) is 90.1 Å². The third-order valence-electron chi connectivity index (χ3n) is 13.8. The summed E-state index contributed by atoms with van der Waals surface area (Å²) in [6.45, 7) is 21.3. The van der Waals surface area contributed by atoms with Crippen LogP contribution in [0.15, 0.2) is 120 Å². The molecule has 0 spiro atoms. The van der Waals surface area contributed by atoms with Crippen LogP contribution in [0, 0.1) is 6.92 Å². The number of fused-ring (bicyclic) bond motifs is 10. The summed E-state index contributed by atoms with van der Waals surface area (Å²) in [5.41, 5.74) is 16.4. The maximum absolute atomic E-state index is 7.32. The minimum atomic E-state index is 0.120. The molecule has 1 aliphatic carbocycles. The molecule has 0 atom stereocenters. The number of para-hydroxylation sites is 2. The molecule has 0 radical (unpaired) electrons. The maximum atomic E-state index is 7.32. The van der Waals surface area contributed by atoms with E-state index in [9.17, 15) is 0 Å². The molecule has 0 saturated heterocycles. The molecule has 10 rings (SSSR count). The lowest BCUT2D eigenvalue weighted by Crippen LogP contribution is -2.34. The number of hydrogen-bond acceptors (Lipinski definition) is 1. The molecule has 9 aromatic rings. The van der Waals surface area contributed by atoms with Gasteiger partial charge in [0.1, 0.15) is 16.8 Å². The fraction of sp³-hybridized carbons (Fsp3) is 0.291. The number of nitrogens with zero attached hydrogens (tertiary/aromatic N) is 2. The Morgan fingerprint density at radius 2 is 1.14 bits per heavy atom. The van der Waals surface area contributed by atoms with Crippen molar-refractivity contribution in [1.82, 2.24) is 4.57 Å². The van der Waals surface area contributed by atoms with E-state index in [1.807, 2.05) is 0 Å². The van der Waals surface area contributed by atoms with Crippen LogP contribution >= 0.6 is 0 Å². The van der Waals surface area contributed by atoms with Crippen LogP contribution in [0.1, 0.15) is 108 Å². The Balaban J connectivity index is 1.28. The van der Waals surface area contributed by atoms with Crippen molar-refractivity contribution in [3.63, 3.8) is 0 Å². The lowest BCUT2D eigenvalue weighted by Gasteiger charge is -2.42. The summed E-state index contributed by atoms with van der Waals surface area (Å²) in [5, 5.41) is 7.43. The Kier molecular flexibility index (Phi) is 8.16. The molecule has 7 aromatic carbocycles. The zero-order valence-electron chi connectivity index (χ0n) is 35.8. The highest BCUT2D eigenvalue weighted by Crippen LogP contribution is 2.50. The van der Waals surface area contributed by atoms with E-state index in [-0.39, 0.29) is 10.8 Å². The summed E-state index contributed by atoms with van der Waals surface area (Å²) in [7, 11) is 2.22. The van der Waals surface area contributed by atoms with Gasteiger partial charge in [-0.2, -0.15) is 4.57 Å². The predicted molar refractivity (Wildman–Crippen MR) is 246 cm³/mol. The molecule has 0 unspecified atom stereocenters. The molecule has 0 amide bonds. The largest absolute Gasteiger partial charge is 0.454 e. The number of rotatable bonds is 5. The molecule has 0 bridgehead atoms. The molecular weight excluding hydrogens is 705 g/mol. The smallest absolute Gasteiger partial charge is 0.299 e. The van der Waals surface area contributed by atoms with Crippen LogP contribution in [0.5, 0.6) is 0 Å². The van der Waals surface area contributed by atoms with Crippen molar-refractivity contribution in [2.75, 3.05) is 0 Å². The predicted octanol–water partition coefficient (Wildman–Crippen LogP) is 14.9. The van der Waals surface area contributed by atoms with Crippen molar-refractivity contribution in [2.45, 2.75) is 97.8 Å². The van der Waals surface area contributed by atoms with Crippen LogP contribution in [0.25, 0.3) is 82.7 Å². The molecule has 58 heavy (non-hydrogen) atoms. The van der Waals surface area contributed by atoms with E-state index < -0.39 is 0 Å². The van der Waals surface area contributed by atoms with E-state index in [0.29, 0.717) is 11.8 Å². The summed E-state index contributed by atoms with van der Waals surface area (Å²) in [5.74, 6) is 1.72. The van der Waals surface area contributed by atoms with Gasteiger partial charge in [0, 0.05) is 27.3 Å². The normalized spacial score (nSPS) is 15.2. The van der Waals surface area contributed by atoms with Crippen molar-refractivity contribution in [3.8, 4) is 28.2 Å². The van der Waals surface area contributed by atoms with Gasteiger partial charge in [0.25, 0.3) is 5.82 Å². The second kappa shape index (κ2) is 12.9. The number of hydrogen-bond donors (Lipinski definition) is 0. The van der Waals surface area contributed by atoms with Gasteiger partial charge >= 0.3 is 0 Å². The van der Waals surface area contributed by atoms with Gasteiger partial charge in [-0.05, 0) is 123 Å². The summed E-state index contributed by atoms with van der Waals surface area (Å²) in [6.07, 6.45) is 2.40. The van der Waals surface area contributed by atoms with Crippen molar-refractivity contribution >= 4 is 54.5 Å². The molecule has 0 N–H and O–H groups in total. The molecule has 0 saturated carbocycles. The fourth-order valence-corrected chi connectivity index (χ4v) is 10.5. The molecule has 2 aromatic heterocycles. The van der Waals surface area contributed by atoms with Crippen LogP contribution in [-0.2, 0) is 17.9 Å². The molecule has 0 aliphatic heterocycles. The van der Waals surface area contributed by atoms with Crippen LogP contribution < -0.4 is 4.57 Å². The average Bonchev–Trinajstić information content (AvgIpc) is 3.73. The summed E-state index contributed by atoms with van der Waals surface area (Å²) >= 11 is 0. The van der Waals surface area contributed by atoms with Gasteiger partial charge in [-0.1, -0.05) is 134 Å². The lowest BCUT2D eigenvalue weighted by atomic mass is 9.62. The van der Waals surface area contributed by atoms with E-state index >= 15 is 0 Å². The third-order valence-corrected chi connectivity index (χ3v) is 13.8. The Morgan fingerprint density at radius 1 is 0.586 bits per heavy atom. The lowest BCUT2D eigenvalue weighted by molar-refractivity contribution is -0.633. The number of imidazole rings is 1. The summed E-state index contributed by atoms with van der Waals surface area (Å²) in [4.78, 5) is 0. The first kappa shape index (κ1) is 36.7. The quantitative estimate of drug-likeness (QED) is 0.126. The van der Waals surface area contributed by atoms with Crippen LogP contribution in [0.4, 0.5) is 0 Å². The Morgan fingerprint density at radius 3 is 1.84 bits per heavy atom. The zero-order chi connectivity index (χ0) is 40.4. The van der Waals surface area contributed by atoms with Crippen molar-refractivity contribution in [2.24, 2.45) is 7.05 Å². The van der Waals surface area contributed by atoms with E-state index in [4.69, 9.17) is 4.42 Å². The molecule has 2 heterocycles. The topological polar surface area (TPSA) is 21.9 Å². The summed E-state index contributed by atoms with van der Waals surface area (Å²) < 4.78 is 12.3. The maximum Gasteiger partial charge on any atom is 0.299 e. The molecular formula is C55H55N2O+. The first-order valence-electron chi connectivity index (χ1n) is 21.4. The zero-order valence-corrected chi connectivity index (χ0v) is 35.8. The second-order valence-corrected chi connectivity index (χ2v) is 19.1. The van der Waals surface area contributed by atoms with Gasteiger partial charge in [0.2, 0.25) is 0 Å². The highest BCUT2D eigenvalue weighted by molar-refractivity contribution is 6.22. The Labute approximate surface area is 342 Å². The van der Waals surface area contributed by atoms with Crippen molar-refractivity contribution in [3.05, 3.63) is 143 Å². The highest BCUT2D eigenvalue weighted by atomic mass is 16.3. The third kappa shape index (κ3) is 5.28. The molecule has 0 fully saturated rings. The van der Waals surface area contributed by atoms with Gasteiger partial charge in [0.15, 0.2) is 16.6 Å². The average molecular weight is 760 g/mol. The van der Waals surface area contributed by atoms with Crippen LogP contribution in [0.3, 0.4) is 0 Å². The molecule has 1 aliphatic rings. The summed E-state index contributed by atoms with van der Waals surface area (Å²) in [6, 6.07) is 43.3. The van der Waals surface area contributed by atoms with E-state index in [0.717, 1.165) is 33.3 Å². The van der Waals surface area contributed by atoms with Gasteiger partial charge in [-0.25, -0.2) is 4.57 Å². The van der Waals surface area contributed by atoms with Gasteiger partial charge < -0.3 is 4.42 Å². The first-order valence-corrected chi connectivity index (χ1v) is 21.4. The monoisotopic (exact) mass is 759 g/mol. The minimum absolute atomic E-state index is 0.120. The van der Waals surface area contributed by atoms with E-state index in [2.05, 4.69) is 194 Å². The van der Waals surface area contributed by atoms with Crippen LogP contribution in [0.2, 0.25) is 0 Å². The standard InChI is InChI=1S/C55H55N2O/c1-32(2)43-30-36(35-16-12-11-13-17-35)31-44(33(3)4)50(43)57-47-19-15-14-18-46(47)56(10)53(57)48-34(5)20-21-42-41-24-22-38-37-26-27-45-49(55(8,9)29-28-54(45,6)7)39(37)23-25-40(38)51(41)58-52(42)48/h11-27,30-33H,28-29H2,1-10H3/q+1. The minimum Gasteiger partial charge on any atom is -0.454 e. The molecule has 290 valence electrons. The number of aromatic nitrogens is 2. The van der Waals surface area contributed by atoms with Crippen LogP contribution in [-0.4, -0.2) is 4.57 Å². The van der Waals surface area contributed by atoms with Gasteiger partial charge in [-0.3, -0.25) is 0 Å². The second-order valence-electron chi connectivity index (χ2n) is 19.1. The number of aryl methyl sites for hydroxylation is 2. The Bertz CT molecular complexity index is 3100. The van der Waals surface area contributed by atoms with Crippen molar-refractivity contribution < 1.29 is 8.98 Å². The Hall–Kier alpha value is -5.67. The molecule has 3 heteroatoms. The van der Waals surface area contributed by atoms with Gasteiger partial charge in [-0.15, -0.1) is 0 Å². The van der Waals surface area contributed by atoms with Gasteiger partial charge in [0.05, 0.1) is 7.05 Å². The number of benzene rings is 7. The van der Waals surface area contributed by atoms with Crippen molar-refractivity contribution in [1.29, 1.82) is 0 Å². The number of furan rings is 1. The SMILES string of the molecule is Cc1ccc2c(oc3c2ccc2c4ccc5c(c4ccc23)C(C)(C)CCC5(C)C)c1-c1n(-c2c(C(C)C)cc(-c3ccccc3)cc2C(C)C)c2ccccc2[n+]1C.